The summed E-state index contributed by atoms with van der Waals surface area (Å²) in [5.74, 6) is 1.97. The molecule has 0 N–H and O–H groups in total. The van der Waals surface area contributed by atoms with E-state index in [9.17, 15) is 0 Å². The van der Waals surface area contributed by atoms with Crippen molar-refractivity contribution in [2.24, 2.45) is 0 Å². The maximum Gasteiger partial charge on any atom is 0.268 e. The van der Waals surface area contributed by atoms with Crippen molar-refractivity contribution in [3.63, 3.8) is 0 Å². The number of aromatic nitrogens is 5. The van der Waals surface area contributed by atoms with Gasteiger partial charge in [0.25, 0.3) is 6.33 Å². The van der Waals surface area contributed by atoms with Crippen LogP contribution in [0.4, 0.5) is 0 Å². The number of pyridine rings is 1. The zero-order chi connectivity index (χ0) is 51.9. The Morgan fingerprint density at radius 2 is 1.13 bits per heavy atom. The molecule has 7 heteroatoms. The molecule has 4 heterocycles. The summed E-state index contributed by atoms with van der Waals surface area (Å²) in [7, 11) is 0. The number of nitrogens with zero attached hydrogens (tertiary/aromatic N) is 5. The van der Waals surface area contributed by atoms with Crippen LogP contribution in [0, 0.1) is 18.5 Å². The van der Waals surface area contributed by atoms with Gasteiger partial charge in [-0.3, -0.25) is 4.57 Å². The molecule has 9 aromatic carbocycles. The van der Waals surface area contributed by atoms with Crippen LogP contribution in [0.2, 0.25) is 0 Å². The Hall–Kier alpha value is -8.31. The monoisotopic (exact) mass is 1180 g/mol. The first-order valence-electron chi connectivity index (χ1n) is 26.3. The van der Waals surface area contributed by atoms with E-state index < -0.39 is 0 Å². The third kappa shape index (κ3) is 8.75. The first-order chi connectivity index (χ1) is 36.9. The van der Waals surface area contributed by atoms with Gasteiger partial charge in [0.05, 0.1) is 27.8 Å². The van der Waals surface area contributed by atoms with Gasteiger partial charge in [-0.05, 0) is 110 Å². The maximum atomic E-state index is 6.81. The van der Waals surface area contributed by atoms with E-state index in [0.29, 0.717) is 11.5 Å². The summed E-state index contributed by atoms with van der Waals surface area (Å²) in [6, 6.07) is 78.9. The molecule has 0 unspecified atom stereocenters. The van der Waals surface area contributed by atoms with E-state index in [2.05, 4.69) is 267 Å². The standard InChI is InChI=1S/C70H57N5O.Pt/c1-8-46-36-37-71-67(38-46)75-63-35-32-52(74-61-28-14-12-24-57(61)58-25-13-15-29-62(58)74)43-60(63)59-34-33-54(44-66(59)75)76-53-23-18-22-51(42-53)72-45-73(65-31-17-16-30-64(65)72)68-55(47-20-10-9-11-21-47)26-19-27-56(68)48-39-49(69(2,3)4)41-50(40-48)70(5,6)7;/h9-41,43H,8H2,1-7H3;/q-2;. The first-order valence-corrected chi connectivity index (χ1v) is 26.3. The number of aryl methyl sites for hydroxylation is 1. The predicted octanol–water partition coefficient (Wildman–Crippen LogP) is 17.2. The van der Waals surface area contributed by atoms with Crippen LogP contribution < -0.4 is 9.30 Å². The minimum Gasteiger partial charge on any atom is -0.510 e. The summed E-state index contributed by atoms with van der Waals surface area (Å²) in [4.78, 5) is 4.95. The van der Waals surface area contributed by atoms with Crippen LogP contribution in [0.1, 0.15) is 65.2 Å². The zero-order valence-electron chi connectivity index (χ0n) is 44.3. The molecule has 0 radical (unpaired) electrons. The average Bonchev–Trinajstić information content (AvgIpc) is 4.30. The molecule has 0 saturated heterocycles. The van der Waals surface area contributed by atoms with E-state index in [0.717, 1.165) is 78.8 Å². The molecule has 4 aromatic heterocycles. The SMILES string of the molecule is CCc1ccnc(-n2c3[c-]c(Oc4[c-]c(-n5[c-][n+](-c6c(-c7ccccc7)cccc6-c6cc(C(C)(C)C)cc(C(C)(C)C)c6)c6ccccc65)ccc4)ccc3c3cc(-n4c5ccccc5c5ccccc54)ccc32)c1.[Pt]. The Balaban J connectivity index is 0.00000596. The fourth-order valence-corrected chi connectivity index (χ4v) is 11.0. The van der Waals surface area contributed by atoms with Gasteiger partial charge >= 0.3 is 0 Å². The summed E-state index contributed by atoms with van der Waals surface area (Å²) in [6.45, 7) is 16.0. The first kappa shape index (κ1) is 49.6. The smallest absolute Gasteiger partial charge is 0.268 e. The van der Waals surface area contributed by atoms with E-state index >= 15 is 0 Å². The molecule has 0 aliphatic rings. The quantitative estimate of drug-likeness (QED) is 0.107. The summed E-state index contributed by atoms with van der Waals surface area (Å²) in [5, 5.41) is 4.62. The molecular weight excluding hydrogens is 1120 g/mol. The second kappa shape index (κ2) is 19.4. The summed E-state index contributed by atoms with van der Waals surface area (Å²) >= 11 is 0. The van der Waals surface area contributed by atoms with Crippen LogP contribution >= 0.6 is 0 Å². The van der Waals surface area contributed by atoms with Crippen LogP contribution in [-0.2, 0) is 38.3 Å². The largest absolute Gasteiger partial charge is 0.510 e. The summed E-state index contributed by atoms with van der Waals surface area (Å²) in [6.07, 6.45) is 6.66. The fourth-order valence-electron chi connectivity index (χ4n) is 11.0. The van der Waals surface area contributed by atoms with Crippen LogP contribution in [0.25, 0.3) is 99.8 Å². The van der Waals surface area contributed by atoms with Crippen molar-refractivity contribution in [3.05, 3.63) is 242 Å². The van der Waals surface area contributed by atoms with Gasteiger partial charge < -0.3 is 18.4 Å². The Kier molecular flexibility index (Phi) is 12.5. The minimum atomic E-state index is -0.0511. The fraction of sp³-hybridized carbons (Fsp3) is 0.143. The summed E-state index contributed by atoms with van der Waals surface area (Å²) < 4.78 is 15.7. The van der Waals surface area contributed by atoms with Crippen molar-refractivity contribution in [1.29, 1.82) is 0 Å². The van der Waals surface area contributed by atoms with E-state index in [1.165, 1.54) is 44.1 Å². The van der Waals surface area contributed by atoms with Gasteiger partial charge in [-0.25, -0.2) is 4.98 Å². The van der Waals surface area contributed by atoms with Gasteiger partial charge in [0, 0.05) is 60.7 Å². The van der Waals surface area contributed by atoms with Crippen LogP contribution in [0.5, 0.6) is 11.5 Å². The van der Waals surface area contributed by atoms with Crippen LogP contribution in [-0.4, -0.2) is 18.7 Å². The third-order valence-corrected chi connectivity index (χ3v) is 15.0. The molecule has 13 rings (SSSR count). The Bertz CT molecular complexity index is 4310. The minimum absolute atomic E-state index is 0. The molecule has 13 aromatic rings. The van der Waals surface area contributed by atoms with Crippen molar-refractivity contribution in [3.8, 4) is 56.6 Å². The van der Waals surface area contributed by atoms with Crippen LogP contribution in [0.3, 0.4) is 0 Å². The van der Waals surface area contributed by atoms with Gasteiger partial charge in [0.1, 0.15) is 5.82 Å². The van der Waals surface area contributed by atoms with E-state index in [1.807, 2.05) is 24.4 Å². The molecule has 0 amide bonds. The number of fused-ring (bicyclic) bond motifs is 7. The normalized spacial score (nSPS) is 12.0. The molecule has 0 aliphatic heterocycles. The molecule has 0 spiro atoms. The van der Waals surface area contributed by atoms with Gasteiger partial charge in [-0.2, -0.15) is 18.2 Å². The molecule has 380 valence electrons. The molecular formula is C70H57N5OPt-2. The number of hydrogen-bond donors (Lipinski definition) is 0. The van der Waals surface area contributed by atoms with Gasteiger partial charge in [-0.1, -0.05) is 181 Å². The number of para-hydroxylation sites is 5. The maximum absolute atomic E-state index is 6.81. The van der Waals surface area contributed by atoms with E-state index in [-0.39, 0.29) is 31.9 Å². The second-order valence-corrected chi connectivity index (χ2v) is 22.0. The number of ether oxygens (including phenoxy) is 1. The molecule has 0 aliphatic carbocycles. The molecule has 0 fully saturated rings. The third-order valence-electron chi connectivity index (χ3n) is 15.0. The van der Waals surface area contributed by atoms with Crippen molar-refractivity contribution in [2.45, 2.75) is 65.7 Å². The Labute approximate surface area is 464 Å². The number of imidazole rings is 1. The Morgan fingerprint density at radius 3 is 1.83 bits per heavy atom. The molecule has 0 bridgehead atoms. The van der Waals surface area contributed by atoms with Gasteiger partial charge in [-0.15, -0.1) is 29.7 Å². The Morgan fingerprint density at radius 1 is 0.506 bits per heavy atom. The zero-order valence-corrected chi connectivity index (χ0v) is 46.6. The van der Waals surface area contributed by atoms with Crippen molar-refractivity contribution >= 4 is 54.6 Å². The van der Waals surface area contributed by atoms with Gasteiger partial charge in [0.2, 0.25) is 0 Å². The average molecular weight is 1180 g/mol. The second-order valence-electron chi connectivity index (χ2n) is 22.0. The number of rotatable bonds is 9. The number of hydrogen-bond acceptors (Lipinski definition) is 2. The molecule has 0 saturated carbocycles. The van der Waals surface area contributed by atoms with Gasteiger partial charge in [0.15, 0.2) is 0 Å². The molecule has 6 nitrogen and oxygen atoms in total. The number of benzene rings is 9. The topological polar surface area (TPSA) is 40.8 Å². The van der Waals surface area contributed by atoms with E-state index in [4.69, 9.17) is 9.72 Å². The van der Waals surface area contributed by atoms with E-state index in [1.54, 1.807) is 0 Å². The van der Waals surface area contributed by atoms with Crippen molar-refractivity contribution in [1.82, 2.24) is 18.7 Å². The summed E-state index contributed by atoms with van der Waals surface area (Å²) in [5.41, 5.74) is 17.5. The van der Waals surface area contributed by atoms with Crippen LogP contribution in [0.15, 0.2) is 206 Å². The molecule has 0 atom stereocenters. The predicted molar refractivity (Wildman–Crippen MR) is 312 cm³/mol. The van der Waals surface area contributed by atoms with Crippen molar-refractivity contribution in [2.75, 3.05) is 0 Å². The van der Waals surface area contributed by atoms with Crippen molar-refractivity contribution < 1.29 is 30.4 Å². The molecule has 77 heavy (non-hydrogen) atoms.